The average Bonchev–Trinajstić information content (AvgIpc) is 3.11. The van der Waals surface area contributed by atoms with Crippen LogP contribution in [0.15, 0.2) is 61.4 Å². The lowest BCUT2D eigenvalue weighted by atomic mass is 10.2. The van der Waals surface area contributed by atoms with Crippen molar-refractivity contribution < 1.29 is 9.13 Å². The second kappa shape index (κ2) is 5.45. The maximum atomic E-state index is 13.8. The molecule has 0 fully saturated rings. The molecule has 0 atom stereocenters. The normalized spacial score (nSPS) is 10.8. The molecule has 0 aliphatic carbocycles. The Labute approximate surface area is 130 Å². The third kappa shape index (κ3) is 2.48. The summed E-state index contributed by atoms with van der Waals surface area (Å²) < 4.78 is 21.1. The highest BCUT2D eigenvalue weighted by atomic mass is 19.1. The van der Waals surface area contributed by atoms with E-state index in [2.05, 4.69) is 20.1 Å². The summed E-state index contributed by atoms with van der Waals surface area (Å²) in [5.41, 5.74) is 1.09. The zero-order valence-corrected chi connectivity index (χ0v) is 11.8. The number of nitrogens with zero attached hydrogens (tertiary/aromatic N) is 5. The van der Waals surface area contributed by atoms with Gasteiger partial charge in [-0.1, -0.05) is 6.07 Å². The van der Waals surface area contributed by atoms with Crippen LogP contribution in [0.25, 0.3) is 16.6 Å². The smallest absolute Gasteiger partial charge is 0.230 e. The Bertz CT molecular complexity index is 954. The fraction of sp³-hybridized carbons (Fsp3) is 0. The molecule has 0 unspecified atom stereocenters. The van der Waals surface area contributed by atoms with E-state index in [4.69, 9.17) is 4.74 Å². The van der Waals surface area contributed by atoms with Gasteiger partial charge in [-0.25, -0.2) is 24.0 Å². The van der Waals surface area contributed by atoms with Gasteiger partial charge in [0.1, 0.15) is 36.1 Å². The Balaban J connectivity index is 1.67. The molecule has 0 saturated heterocycles. The summed E-state index contributed by atoms with van der Waals surface area (Å²) in [4.78, 5) is 11.9. The highest BCUT2D eigenvalue weighted by molar-refractivity contribution is 5.83. The van der Waals surface area contributed by atoms with Crippen molar-refractivity contribution in [1.29, 1.82) is 0 Å². The first kappa shape index (κ1) is 13.3. The SMILES string of the molecule is Fc1cccc2c(Oc3ccc(-n4cncn4)cc3)ncnc12. The van der Waals surface area contributed by atoms with Crippen molar-refractivity contribution >= 4 is 10.9 Å². The molecule has 0 bridgehead atoms. The van der Waals surface area contributed by atoms with Gasteiger partial charge in [-0.3, -0.25) is 0 Å². The Morgan fingerprint density at radius 3 is 2.61 bits per heavy atom. The largest absolute Gasteiger partial charge is 0.438 e. The molecule has 0 aliphatic heterocycles. The lowest BCUT2D eigenvalue weighted by molar-refractivity contribution is 0.467. The molecule has 0 amide bonds. The van der Waals surface area contributed by atoms with Crippen LogP contribution < -0.4 is 4.74 Å². The fourth-order valence-electron chi connectivity index (χ4n) is 2.23. The monoisotopic (exact) mass is 307 g/mol. The summed E-state index contributed by atoms with van der Waals surface area (Å²) in [5.74, 6) is 0.484. The quantitative estimate of drug-likeness (QED) is 0.582. The molecule has 23 heavy (non-hydrogen) atoms. The lowest BCUT2D eigenvalue weighted by Gasteiger charge is -2.08. The van der Waals surface area contributed by atoms with Crippen molar-refractivity contribution in [3.8, 4) is 17.3 Å². The molecule has 2 aromatic heterocycles. The van der Waals surface area contributed by atoms with Crippen molar-refractivity contribution in [2.75, 3.05) is 0 Å². The van der Waals surface area contributed by atoms with E-state index in [-0.39, 0.29) is 5.52 Å². The molecule has 4 aromatic rings. The zero-order chi connectivity index (χ0) is 15.6. The molecule has 0 aliphatic rings. The maximum Gasteiger partial charge on any atom is 0.230 e. The minimum absolute atomic E-state index is 0.233. The van der Waals surface area contributed by atoms with Crippen molar-refractivity contribution in [2.24, 2.45) is 0 Å². The molecule has 0 N–H and O–H groups in total. The van der Waals surface area contributed by atoms with E-state index in [1.165, 1.54) is 18.7 Å². The predicted octanol–water partition coefficient (Wildman–Crippen LogP) is 3.14. The van der Waals surface area contributed by atoms with Crippen LogP contribution in [0.3, 0.4) is 0 Å². The highest BCUT2D eigenvalue weighted by Gasteiger charge is 2.09. The van der Waals surface area contributed by atoms with Crippen LogP contribution in [0.2, 0.25) is 0 Å². The van der Waals surface area contributed by atoms with E-state index in [9.17, 15) is 4.39 Å². The summed E-state index contributed by atoms with van der Waals surface area (Å²) in [6.45, 7) is 0. The number of fused-ring (bicyclic) bond motifs is 1. The van der Waals surface area contributed by atoms with Gasteiger partial charge < -0.3 is 4.74 Å². The number of ether oxygens (including phenoxy) is 1. The number of hydrogen-bond donors (Lipinski definition) is 0. The minimum Gasteiger partial charge on any atom is -0.438 e. The van der Waals surface area contributed by atoms with Gasteiger partial charge in [-0.05, 0) is 36.4 Å². The molecule has 7 heteroatoms. The average molecular weight is 307 g/mol. The zero-order valence-electron chi connectivity index (χ0n) is 11.8. The third-order valence-corrected chi connectivity index (χ3v) is 3.31. The van der Waals surface area contributed by atoms with Crippen LogP contribution in [0.4, 0.5) is 4.39 Å². The van der Waals surface area contributed by atoms with Gasteiger partial charge in [0, 0.05) is 0 Å². The summed E-state index contributed by atoms with van der Waals surface area (Å²) in [6, 6.07) is 11.9. The first-order valence-electron chi connectivity index (χ1n) is 6.83. The summed E-state index contributed by atoms with van der Waals surface area (Å²) in [7, 11) is 0. The molecule has 2 heterocycles. The van der Waals surface area contributed by atoms with E-state index < -0.39 is 5.82 Å². The number of halogens is 1. The summed E-state index contributed by atoms with van der Waals surface area (Å²) in [5, 5.41) is 4.57. The first-order chi connectivity index (χ1) is 11.3. The van der Waals surface area contributed by atoms with Crippen molar-refractivity contribution in [3.05, 3.63) is 67.3 Å². The molecule has 4 rings (SSSR count). The number of benzene rings is 2. The predicted molar refractivity (Wildman–Crippen MR) is 80.9 cm³/mol. The fourth-order valence-corrected chi connectivity index (χ4v) is 2.23. The van der Waals surface area contributed by atoms with Crippen LogP contribution in [0, 0.1) is 5.82 Å². The van der Waals surface area contributed by atoms with E-state index in [1.54, 1.807) is 35.3 Å². The van der Waals surface area contributed by atoms with E-state index in [0.29, 0.717) is 17.0 Å². The van der Waals surface area contributed by atoms with Crippen LogP contribution in [0.1, 0.15) is 0 Å². The van der Waals surface area contributed by atoms with Gasteiger partial charge in [0.05, 0.1) is 11.1 Å². The van der Waals surface area contributed by atoms with E-state index >= 15 is 0 Å². The van der Waals surface area contributed by atoms with Gasteiger partial charge in [0.25, 0.3) is 0 Å². The lowest BCUT2D eigenvalue weighted by Crippen LogP contribution is -1.95. The van der Waals surface area contributed by atoms with Gasteiger partial charge in [-0.15, -0.1) is 0 Å². The molecule has 6 nitrogen and oxygen atoms in total. The molecular weight excluding hydrogens is 297 g/mol. The summed E-state index contributed by atoms with van der Waals surface area (Å²) >= 11 is 0. The molecule has 2 aromatic carbocycles. The van der Waals surface area contributed by atoms with Crippen LogP contribution in [-0.2, 0) is 0 Å². The third-order valence-electron chi connectivity index (χ3n) is 3.31. The van der Waals surface area contributed by atoms with Gasteiger partial charge >= 0.3 is 0 Å². The highest BCUT2D eigenvalue weighted by Crippen LogP contribution is 2.28. The molecule has 0 radical (unpaired) electrons. The standard InChI is InChI=1S/C16H10FN5O/c17-14-3-1-2-13-15(14)19-9-20-16(13)23-12-6-4-11(5-7-12)22-10-18-8-21-22/h1-10H. The second-order valence-electron chi connectivity index (χ2n) is 4.75. The van der Waals surface area contributed by atoms with Crippen LogP contribution >= 0.6 is 0 Å². The van der Waals surface area contributed by atoms with Crippen molar-refractivity contribution in [2.45, 2.75) is 0 Å². The van der Waals surface area contributed by atoms with E-state index in [0.717, 1.165) is 5.69 Å². The molecule has 112 valence electrons. The van der Waals surface area contributed by atoms with Gasteiger partial charge in [-0.2, -0.15) is 5.10 Å². The molecule has 0 saturated carbocycles. The maximum absolute atomic E-state index is 13.8. The molecular formula is C16H10FN5O. The topological polar surface area (TPSA) is 65.7 Å². The number of hydrogen-bond acceptors (Lipinski definition) is 5. The van der Waals surface area contributed by atoms with Crippen molar-refractivity contribution in [3.63, 3.8) is 0 Å². The second-order valence-corrected chi connectivity index (χ2v) is 4.75. The Kier molecular flexibility index (Phi) is 3.16. The Morgan fingerprint density at radius 1 is 0.957 bits per heavy atom. The molecule has 0 spiro atoms. The Morgan fingerprint density at radius 2 is 1.83 bits per heavy atom. The first-order valence-corrected chi connectivity index (χ1v) is 6.83. The minimum atomic E-state index is -0.406. The van der Waals surface area contributed by atoms with E-state index in [1.807, 2.05) is 12.1 Å². The van der Waals surface area contributed by atoms with Gasteiger partial charge in [0.2, 0.25) is 5.88 Å². The van der Waals surface area contributed by atoms with Crippen LogP contribution in [0.5, 0.6) is 11.6 Å². The van der Waals surface area contributed by atoms with Crippen LogP contribution in [-0.4, -0.2) is 24.7 Å². The Hall–Kier alpha value is -3.35. The number of rotatable bonds is 3. The van der Waals surface area contributed by atoms with Crippen molar-refractivity contribution in [1.82, 2.24) is 24.7 Å². The summed E-state index contributed by atoms with van der Waals surface area (Å²) in [6.07, 6.45) is 4.35. The number of para-hydroxylation sites is 1. The number of aromatic nitrogens is 5. The van der Waals surface area contributed by atoms with Gasteiger partial charge in [0.15, 0.2) is 0 Å².